The third-order valence-electron chi connectivity index (χ3n) is 13.8. The smallest absolute Gasteiger partial charge is 0.164 e. The molecule has 0 saturated carbocycles. The number of rotatable bonds is 7. The Labute approximate surface area is 397 Å². The fourth-order valence-electron chi connectivity index (χ4n) is 10.6. The van der Waals surface area contributed by atoms with Crippen molar-refractivity contribution in [2.24, 2.45) is 0 Å². The molecule has 15 rings (SSSR count). The maximum absolute atomic E-state index is 6.34. The molecule has 0 spiro atoms. The van der Waals surface area contributed by atoms with Crippen molar-refractivity contribution >= 4 is 21.9 Å². The zero-order chi connectivity index (χ0) is 45.4. The molecule has 3 heterocycles. The Morgan fingerprint density at radius 1 is 0.246 bits per heavy atom. The van der Waals surface area contributed by atoms with Crippen molar-refractivity contribution in [1.29, 1.82) is 0 Å². The summed E-state index contributed by atoms with van der Waals surface area (Å²) in [5, 5.41) is 2.19. The summed E-state index contributed by atoms with van der Waals surface area (Å²) in [7, 11) is 0. The third kappa shape index (κ3) is 6.50. The molecule has 3 aromatic heterocycles. The number of aromatic nitrogens is 6. The molecule has 0 saturated heterocycles. The Hall–Kier alpha value is -9.20. The fraction of sp³-hybridized carbons (Fsp3) is 0.0323. The second-order valence-corrected chi connectivity index (χ2v) is 17.7. The Morgan fingerprint density at radius 3 is 1.17 bits per heavy atom. The molecule has 0 aliphatic heterocycles. The topological polar surface area (TPSA) is 90.5 Å². The minimum atomic E-state index is 0.00658. The third-order valence-corrected chi connectivity index (χ3v) is 13.8. The van der Waals surface area contributed by atoms with Crippen LogP contribution < -0.4 is 0 Å². The van der Waals surface area contributed by atoms with Gasteiger partial charge in [0.2, 0.25) is 0 Å². The van der Waals surface area contributed by atoms with Crippen molar-refractivity contribution < 1.29 is 4.42 Å². The number of hydrogen-bond acceptors (Lipinski definition) is 7. The minimum absolute atomic E-state index is 0.00658. The van der Waals surface area contributed by atoms with E-state index in [1.165, 1.54) is 33.4 Å². The van der Waals surface area contributed by atoms with Gasteiger partial charge in [0, 0.05) is 56.0 Å². The fourth-order valence-corrected chi connectivity index (χ4v) is 10.6. The lowest BCUT2D eigenvalue weighted by molar-refractivity contribution is 0.669. The van der Waals surface area contributed by atoms with Gasteiger partial charge in [-0.05, 0) is 74.8 Å². The first-order valence-electron chi connectivity index (χ1n) is 23.3. The molecule has 3 aliphatic rings. The number of para-hydroxylation sites is 1. The first-order valence-corrected chi connectivity index (χ1v) is 23.3. The van der Waals surface area contributed by atoms with E-state index >= 15 is 0 Å². The van der Waals surface area contributed by atoms with Crippen LogP contribution in [0.1, 0.15) is 45.2 Å². The van der Waals surface area contributed by atoms with Gasteiger partial charge in [-0.1, -0.05) is 188 Å². The van der Waals surface area contributed by atoms with Crippen LogP contribution in [0.2, 0.25) is 0 Å². The molecule has 9 aromatic carbocycles. The van der Waals surface area contributed by atoms with E-state index in [0.29, 0.717) is 34.9 Å². The average molecular weight is 883 g/mol. The molecular formula is C62H38N6O. The number of furan rings is 1. The van der Waals surface area contributed by atoms with Crippen molar-refractivity contribution in [2.45, 2.75) is 11.8 Å². The predicted octanol–water partition coefficient (Wildman–Crippen LogP) is 14.6. The monoisotopic (exact) mass is 882 g/mol. The number of benzene rings is 9. The largest absolute Gasteiger partial charge is 0.456 e. The molecule has 0 amide bonds. The summed E-state index contributed by atoms with van der Waals surface area (Å²) in [4.78, 5) is 30.9. The van der Waals surface area contributed by atoms with Crippen LogP contribution in [0.15, 0.2) is 223 Å². The molecule has 69 heavy (non-hydrogen) atoms. The van der Waals surface area contributed by atoms with Crippen molar-refractivity contribution in [2.75, 3.05) is 0 Å². The van der Waals surface area contributed by atoms with Crippen LogP contribution >= 0.6 is 0 Å². The molecule has 12 aromatic rings. The second-order valence-electron chi connectivity index (χ2n) is 17.7. The van der Waals surface area contributed by atoms with E-state index in [1.54, 1.807) is 0 Å². The average Bonchev–Trinajstić information content (AvgIpc) is 3.81. The van der Waals surface area contributed by atoms with Gasteiger partial charge >= 0.3 is 0 Å². The van der Waals surface area contributed by atoms with E-state index in [1.807, 2.05) is 103 Å². The van der Waals surface area contributed by atoms with Gasteiger partial charge in [0.05, 0.1) is 0 Å². The van der Waals surface area contributed by atoms with Crippen LogP contribution in [0.4, 0.5) is 0 Å². The van der Waals surface area contributed by atoms with E-state index in [0.717, 1.165) is 66.4 Å². The first kappa shape index (κ1) is 39.0. The lowest BCUT2D eigenvalue weighted by atomic mass is 9.61. The predicted molar refractivity (Wildman–Crippen MR) is 273 cm³/mol. The van der Waals surface area contributed by atoms with Gasteiger partial charge in [-0.15, -0.1) is 0 Å². The molecule has 2 bridgehead atoms. The van der Waals surface area contributed by atoms with Crippen molar-refractivity contribution in [1.82, 2.24) is 29.9 Å². The summed E-state index contributed by atoms with van der Waals surface area (Å²) < 4.78 is 6.34. The van der Waals surface area contributed by atoms with Crippen molar-refractivity contribution in [3.05, 3.63) is 252 Å². The molecule has 7 nitrogen and oxygen atoms in total. The van der Waals surface area contributed by atoms with Gasteiger partial charge in [-0.25, -0.2) is 29.9 Å². The lowest BCUT2D eigenvalue weighted by Crippen LogP contribution is -2.27. The van der Waals surface area contributed by atoms with E-state index < -0.39 is 0 Å². The Kier molecular flexibility index (Phi) is 8.89. The molecule has 322 valence electrons. The maximum atomic E-state index is 6.34. The van der Waals surface area contributed by atoms with Gasteiger partial charge in [0.1, 0.15) is 11.2 Å². The second kappa shape index (κ2) is 15.7. The van der Waals surface area contributed by atoms with Crippen molar-refractivity contribution in [3.63, 3.8) is 0 Å². The van der Waals surface area contributed by atoms with E-state index in [-0.39, 0.29) is 11.8 Å². The van der Waals surface area contributed by atoms with Crippen LogP contribution in [0.5, 0.6) is 0 Å². The molecule has 0 N–H and O–H groups in total. The van der Waals surface area contributed by atoms with Gasteiger partial charge in [0.25, 0.3) is 0 Å². The highest BCUT2D eigenvalue weighted by molar-refractivity contribution is 6.06. The van der Waals surface area contributed by atoms with Crippen LogP contribution in [0.3, 0.4) is 0 Å². The standard InChI is InChI=1S/C62H38N6O/c1-4-16-37(17-5-1)57-63-58(38-18-6-2-7-19-38)65-60(64-57)41-29-32-48-51(34-41)55-46-24-11-12-25-47(46)56(48)52-35-42(30-33-49(52)55)61-66-59(39-20-8-3-9-21-39)67-62(68-61)50-26-13-10-22-43(50)40-28-31-45-44-23-14-15-27-53(44)69-54(45)36-40/h1-36,55-56H. The zero-order valence-corrected chi connectivity index (χ0v) is 37.0. The number of nitrogens with zero attached hydrogens (tertiary/aromatic N) is 6. The molecule has 2 unspecified atom stereocenters. The summed E-state index contributed by atoms with van der Waals surface area (Å²) >= 11 is 0. The molecule has 7 heteroatoms. The summed E-state index contributed by atoms with van der Waals surface area (Å²) in [6.45, 7) is 0. The highest BCUT2D eigenvalue weighted by Crippen LogP contribution is 2.56. The molecular weight excluding hydrogens is 845 g/mol. The number of fused-ring (bicyclic) bond motifs is 3. The van der Waals surface area contributed by atoms with Crippen LogP contribution in [-0.4, -0.2) is 29.9 Å². The van der Waals surface area contributed by atoms with Gasteiger partial charge < -0.3 is 4.42 Å². The molecule has 2 atom stereocenters. The first-order chi connectivity index (χ1) is 34.2. The van der Waals surface area contributed by atoms with Gasteiger partial charge in [-0.3, -0.25) is 0 Å². The maximum Gasteiger partial charge on any atom is 0.164 e. The molecule has 0 fully saturated rings. The van der Waals surface area contributed by atoms with E-state index in [9.17, 15) is 0 Å². The highest BCUT2D eigenvalue weighted by Gasteiger charge is 2.41. The highest BCUT2D eigenvalue weighted by atomic mass is 16.3. The Morgan fingerprint density at radius 2 is 0.638 bits per heavy atom. The van der Waals surface area contributed by atoms with Gasteiger partial charge in [-0.2, -0.15) is 0 Å². The summed E-state index contributed by atoms with van der Waals surface area (Å²) in [6, 6.07) is 75.9. The van der Waals surface area contributed by atoms with Crippen LogP contribution in [-0.2, 0) is 0 Å². The zero-order valence-electron chi connectivity index (χ0n) is 37.0. The van der Waals surface area contributed by atoms with Crippen LogP contribution in [0, 0.1) is 0 Å². The summed E-state index contributed by atoms with van der Waals surface area (Å²) in [5.74, 6) is 3.79. The summed E-state index contributed by atoms with van der Waals surface area (Å²) in [6.07, 6.45) is 0. The Bertz CT molecular complexity index is 3920. The van der Waals surface area contributed by atoms with Gasteiger partial charge in [0.15, 0.2) is 34.9 Å². The quantitative estimate of drug-likeness (QED) is 0.157. The lowest BCUT2D eigenvalue weighted by Gasteiger charge is -2.42. The minimum Gasteiger partial charge on any atom is -0.456 e. The van der Waals surface area contributed by atoms with Crippen molar-refractivity contribution in [3.8, 4) is 79.5 Å². The summed E-state index contributed by atoms with van der Waals surface area (Å²) in [5.41, 5.74) is 17.1. The van der Waals surface area contributed by atoms with E-state index in [4.69, 9.17) is 34.3 Å². The van der Waals surface area contributed by atoms with Crippen LogP contribution in [0.25, 0.3) is 101 Å². The normalized spacial score (nSPS) is 14.4. The molecule has 3 aliphatic carbocycles. The SMILES string of the molecule is c1ccc(-c2nc(-c3ccccc3)nc(-c3ccc4c(c3)C3c5ccccc5C4c4cc(-c5nc(-c6ccccc6)nc(-c6ccccc6-c6ccc7c(c6)oc6ccccc67)n5)ccc43)n2)cc1. The van der Waals surface area contributed by atoms with E-state index in [2.05, 4.69) is 115 Å². The number of hydrogen-bond donors (Lipinski definition) is 0. The molecule has 0 radical (unpaired) electrons. The Balaban J connectivity index is 0.891.